The Morgan fingerprint density at radius 1 is 1.13 bits per heavy atom. The zero-order valence-corrected chi connectivity index (χ0v) is 24.0. The van der Waals surface area contributed by atoms with Gasteiger partial charge in [0.25, 0.3) is 0 Å². The van der Waals surface area contributed by atoms with E-state index in [0.29, 0.717) is 37.2 Å². The van der Waals surface area contributed by atoms with Crippen LogP contribution in [0, 0.1) is 13.8 Å². The van der Waals surface area contributed by atoms with Gasteiger partial charge in [-0.1, -0.05) is 13.8 Å². The molecule has 0 unspecified atom stereocenters. The molecule has 0 spiro atoms. The third kappa shape index (κ3) is 6.16. The smallest absolute Gasteiger partial charge is 0.415 e. The molecule has 208 valence electrons. The molecule has 10 nitrogen and oxygen atoms in total. The summed E-state index contributed by atoms with van der Waals surface area (Å²) in [7, 11) is 0. The number of benzene rings is 1. The number of aryl methyl sites for hydroxylation is 1. The van der Waals surface area contributed by atoms with Gasteiger partial charge in [0.15, 0.2) is 0 Å². The Morgan fingerprint density at radius 3 is 2.62 bits per heavy atom. The standard InChI is InChI=1S/C27H33N7O3.C2H6/c1-16-12-19(6-7-20(16)28)31-25-30-13-18-8-9-33(15-21(18)32-25)22-14-29-24-23(17(22)2)34(10-11-36-24)26(35)37-27(3,4)5;1-2/h6-7,12-14H,8-11,15,28H2,1-5H3,(H,30,31,32);1-2H3. The minimum Gasteiger partial charge on any atom is -0.474 e. The quantitative estimate of drug-likeness (QED) is 0.418. The number of carbonyl (C=O) groups excluding carboxylic acids is 1. The minimum atomic E-state index is -0.596. The first kappa shape index (κ1) is 27.9. The number of anilines is 5. The summed E-state index contributed by atoms with van der Waals surface area (Å²) in [6, 6.07) is 5.76. The monoisotopic (exact) mass is 533 g/mol. The highest BCUT2D eigenvalue weighted by atomic mass is 16.6. The molecule has 3 aromatic rings. The Bertz CT molecular complexity index is 1350. The highest BCUT2D eigenvalue weighted by molar-refractivity contribution is 5.92. The molecule has 0 atom stereocenters. The Morgan fingerprint density at radius 2 is 1.90 bits per heavy atom. The lowest BCUT2D eigenvalue weighted by atomic mass is 10.0. The van der Waals surface area contributed by atoms with Crippen molar-refractivity contribution in [2.24, 2.45) is 0 Å². The van der Waals surface area contributed by atoms with Crippen LogP contribution in [0.3, 0.4) is 0 Å². The van der Waals surface area contributed by atoms with Crippen LogP contribution in [0.1, 0.15) is 57.0 Å². The van der Waals surface area contributed by atoms with Crippen LogP contribution in [-0.4, -0.2) is 46.3 Å². The molecule has 0 saturated heterocycles. The summed E-state index contributed by atoms with van der Waals surface area (Å²) in [5.74, 6) is 0.984. The van der Waals surface area contributed by atoms with E-state index in [4.69, 9.17) is 20.2 Å². The van der Waals surface area contributed by atoms with Gasteiger partial charge in [-0.25, -0.2) is 19.7 Å². The highest BCUT2D eigenvalue weighted by Crippen LogP contribution is 2.39. The van der Waals surface area contributed by atoms with Crippen LogP contribution in [0.4, 0.5) is 33.5 Å². The van der Waals surface area contributed by atoms with Crippen molar-refractivity contribution in [3.05, 3.63) is 53.0 Å². The predicted molar refractivity (Wildman–Crippen MR) is 155 cm³/mol. The zero-order valence-electron chi connectivity index (χ0n) is 24.0. The summed E-state index contributed by atoms with van der Waals surface area (Å²) in [6.45, 7) is 15.7. The number of hydrogen-bond donors (Lipinski definition) is 2. The SMILES string of the molecule is CC.Cc1cc(Nc2ncc3c(n2)CN(c2cnc4c(c2C)N(C(=O)OC(C)(C)C)CCO4)CC3)ccc1N. The van der Waals surface area contributed by atoms with E-state index in [1.54, 1.807) is 4.90 Å². The van der Waals surface area contributed by atoms with Gasteiger partial charge in [0, 0.05) is 29.7 Å². The first-order valence-corrected chi connectivity index (χ1v) is 13.4. The molecule has 2 aromatic heterocycles. The van der Waals surface area contributed by atoms with E-state index in [2.05, 4.69) is 20.2 Å². The van der Waals surface area contributed by atoms with Crippen molar-refractivity contribution in [3.63, 3.8) is 0 Å². The second-order valence-corrected chi connectivity index (χ2v) is 10.4. The number of nitrogens with two attached hydrogens (primary N) is 1. The number of nitrogens with zero attached hydrogens (tertiary/aromatic N) is 5. The third-order valence-corrected chi connectivity index (χ3v) is 6.50. The molecule has 0 fully saturated rings. The maximum Gasteiger partial charge on any atom is 0.415 e. The number of amides is 1. The fourth-order valence-corrected chi connectivity index (χ4v) is 4.60. The number of fused-ring (bicyclic) bond motifs is 2. The fourth-order valence-electron chi connectivity index (χ4n) is 4.60. The van der Waals surface area contributed by atoms with Crippen LogP contribution in [0.5, 0.6) is 5.88 Å². The van der Waals surface area contributed by atoms with Crippen LogP contribution < -0.4 is 25.6 Å². The summed E-state index contributed by atoms with van der Waals surface area (Å²) in [5, 5.41) is 3.28. The zero-order chi connectivity index (χ0) is 28.3. The van der Waals surface area contributed by atoms with Gasteiger partial charge < -0.3 is 25.4 Å². The number of carbonyl (C=O) groups is 1. The van der Waals surface area contributed by atoms with E-state index < -0.39 is 11.7 Å². The summed E-state index contributed by atoms with van der Waals surface area (Å²) in [4.78, 5) is 30.7. The van der Waals surface area contributed by atoms with Gasteiger partial charge in [0.2, 0.25) is 11.8 Å². The lowest BCUT2D eigenvalue weighted by molar-refractivity contribution is 0.0566. The number of hydrogen-bond acceptors (Lipinski definition) is 9. The minimum absolute atomic E-state index is 0.370. The lowest BCUT2D eigenvalue weighted by Gasteiger charge is -2.35. The summed E-state index contributed by atoms with van der Waals surface area (Å²) in [5.41, 5.74) is 12.6. The molecular formula is C29H39N7O3. The van der Waals surface area contributed by atoms with E-state index in [1.165, 1.54) is 0 Å². The van der Waals surface area contributed by atoms with Crippen LogP contribution in [0.15, 0.2) is 30.6 Å². The first-order valence-electron chi connectivity index (χ1n) is 13.4. The number of nitrogen functional groups attached to an aromatic ring is 1. The summed E-state index contributed by atoms with van der Waals surface area (Å²) < 4.78 is 11.4. The molecule has 0 saturated carbocycles. The molecule has 2 aliphatic heterocycles. The molecule has 5 rings (SSSR count). The van der Waals surface area contributed by atoms with Crippen molar-refractivity contribution in [1.82, 2.24) is 15.0 Å². The summed E-state index contributed by atoms with van der Waals surface area (Å²) in [6.07, 6.45) is 4.11. The van der Waals surface area contributed by atoms with Crippen molar-refractivity contribution in [1.29, 1.82) is 0 Å². The predicted octanol–water partition coefficient (Wildman–Crippen LogP) is 5.54. The van der Waals surface area contributed by atoms with Crippen LogP contribution in [0.25, 0.3) is 0 Å². The Kier molecular flexibility index (Phi) is 8.13. The van der Waals surface area contributed by atoms with E-state index in [9.17, 15) is 4.79 Å². The van der Waals surface area contributed by atoms with Crippen molar-refractivity contribution < 1.29 is 14.3 Å². The molecule has 1 aromatic carbocycles. The van der Waals surface area contributed by atoms with Gasteiger partial charge in [0.05, 0.1) is 30.7 Å². The maximum atomic E-state index is 13.0. The van der Waals surface area contributed by atoms with Gasteiger partial charge in [-0.15, -0.1) is 0 Å². The van der Waals surface area contributed by atoms with E-state index in [0.717, 1.165) is 52.4 Å². The molecule has 39 heavy (non-hydrogen) atoms. The van der Waals surface area contributed by atoms with Crippen molar-refractivity contribution in [3.8, 4) is 5.88 Å². The molecule has 0 aliphatic carbocycles. The first-order chi connectivity index (χ1) is 18.6. The Labute approximate surface area is 230 Å². The normalized spacial score (nSPS) is 14.3. The van der Waals surface area contributed by atoms with Crippen molar-refractivity contribution >= 4 is 34.8 Å². The van der Waals surface area contributed by atoms with Gasteiger partial charge in [-0.05, 0) is 70.4 Å². The molecule has 2 aliphatic rings. The third-order valence-electron chi connectivity index (χ3n) is 6.50. The van der Waals surface area contributed by atoms with Crippen molar-refractivity contribution in [2.45, 2.75) is 67.0 Å². The number of aromatic nitrogens is 3. The number of pyridine rings is 1. The van der Waals surface area contributed by atoms with Crippen molar-refractivity contribution in [2.75, 3.05) is 40.5 Å². The molecule has 0 bridgehead atoms. The number of ether oxygens (including phenoxy) is 2. The van der Waals surface area contributed by atoms with E-state index >= 15 is 0 Å². The summed E-state index contributed by atoms with van der Waals surface area (Å²) >= 11 is 0. The molecular weight excluding hydrogens is 494 g/mol. The fraction of sp³-hybridized carbons (Fsp3) is 0.448. The van der Waals surface area contributed by atoms with E-state index in [-0.39, 0.29) is 0 Å². The maximum absolute atomic E-state index is 13.0. The average Bonchev–Trinajstić information content (AvgIpc) is 2.90. The number of rotatable bonds is 3. The topological polar surface area (TPSA) is 119 Å². The molecule has 4 heterocycles. The Balaban J connectivity index is 0.00000172. The molecule has 10 heteroatoms. The highest BCUT2D eigenvalue weighted by Gasteiger charge is 2.32. The van der Waals surface area contributed by atoms with Gasteiger partial charge >= 0.3 is 6.09 Å². The van der Waals surface area contributed by atoms with Crippen LogP contribution >= 0.6 is 0 Å². The van der Waals surface area contributed by atoms with Gasteiger partial charge in [-0.3, -0.25) is 4.90 Å². The molecule has 1 amide bonds. The second-order valence-electron chi connectivity index (χ2n) is 10.4. The van der Waals surface area contributed by atoms with E-state index in [1.807, 2.05) is 79.1 Å². The van der Waals surface area contributed by atoms with Crippen LogP contribution in [0.2, 0.25) is 0 Å². The van der Waals surface area contributed by atoms with Gasteiger partial charge in [0.1, 0.15) is 17.9 Å². The Hall–Kier alpha value is -4.08. The van der Waals surface area contributed by atoms with Gasteiger partial charge in [-0.2, -0.15) is 0 Å². The number of nitrogens with one attached hydrogen (secondary N) is 1. The lowest BCUT2D eigenvalue weighted by Crippen LogP contribution is -2.42. The average molecular weight is 534 g/mol. The molecule has 3 N–H and O–H groups in total. The molecule has 0 radical (unpaired) electrons. The second kappa shape index (κ2) is 11.3. The largest absolute Gasteiger partial charge is 0.474 e. The van der Waals surface area contributed by atoms with Crippen LogP contribution in [-0.2, 0) is 17.7 Å².